The van der Waals surface area contributed by atoms with Crippen LogP contribution in [-0.2, 0) is 4.79 Å². The molecule has 1 fully saturated rings. The second kappa shape index (κ2) is 8.31. The average Bonchev–Trinajstić information content (AvgIpc) is 3.38. The standard InChI is InChI=1S/C22H21N3O2S2/c1-24(2)17-8-10-18(11-9-17)25-20(26)14-29-22(25)15-5-3-6-16(13-15)23-21(27)19-7-4-12-28-19/h3-13,22H,14H2,1-2H3,(H,23,27)/t22-/m1/s1. The number of carbonyl (C=O) groups is 2. The van der Waals surface area contributed by atoms with E-state index in [0.717, 1.165) is 22.6 Å². The molecule has 0 spiro atoms. The Hall–Kier alpha value is -2.77. The number of nitrogens with zero attached hydrogens (tertiary/aromatic N) is 2. The fourth-order valence-corrected chi connectivity index (χ4v) is 5.02. The molecule has 2 heterocycles. The van der Waals surface area contributed by atoms with E-state index in [1.54, 1.807) is 17.8 Å². The first-order chi connectivity index (χ1) is 14.0. The molecule has 3 aromatic rings. The third-order valence-corrected chi connectivity index (χ3v) is 6.77. The highest BCUT2D eigenvalue weighted by molar-refractivity contribution is 8.00. The molecule has 2 amide bonds. The van der Waals surface area contributed by atoms with Crippen molar-refractivity contribution in [2.75, 3.05) is 35.0 Å². The zero-order valence-corrected chi connectivity index (χ0v) is 17.8. The van der Waals surface area contributed by atoms with Crippen LogP contribution in [0.5, 0.6) is 0 Å². The predicted octanol–water partition coefficient (Wildman–Crippen LogP) is 4.85. The number of anilines is 3. The second-order valence-corrected chi connectivity index (χ2v) is 8.91. The summed E-state index contributed by atoms with van der Waals surface area (Å²) < 4.78 is 0. The topological polar surface area (TPSA) is 52.6 Å². The van der Waals surface area contributed by atoms with Crippen molar-refractivity contribution in [3.8, 4) is 0 Å². The van der Waals surface area contributed by atoms with Gasteiger partial charge in [-0.1, -0.05) is 18.2 Å². The van der Waals surface area contributed by atoms with E-state index in [1.165, 1.54) is 11.3 Å². The molecular weight excluding hydrogens is 402 g/mol. The summed E-state index contributed by atoms with van der Waals surface area (Å²) in [5.41, 5.74) is 3.68. The molecule has 1 aromatic heterocycles. The Bertz CT molecular complexity index is 1020. The Morgan fingerprint density at radius 2 is 1.90 bits per heavy atom. The highest BCUT2D eigenvalue weighted by atomic mass is 32.2. The van der Waals surface area contributed by atoms with Crippen molar-refractivity contribution in [3.63, 3.8) is 0 Å². The Morgan fingerprint density at radius 3 is 2.59 bits per heavy atom. The van der Waals surface area contributed by atoms with Crippen LogP contribution in [0.2, 0.25) is 0 Å². The molecule has 1 atom stereocenters. The molecule has 148 valence electrons. The van der Waals surface area contributed by atoms with Crippen molar-refractivity contribution in [1.29, 1.82) is 0 Å². The van der Waals surface area contributed by atoms with Crippen molar-refractivity contribution in [2.45, 2.75) is 5.37 Å². The number of benzene rings is 2. The van der Waals surface area contributed by atoms with Gasteiger partial charge in [-0.25, -0.2) is 0 Å². The number of hydrogen-bond acceptors (Lipinski definition) is 5. The van der Waals surface area contributed by atoms with Crippen LogP contribution in [0.25, 0.3) is 0 Å². The molecule has 1 N–H and O–H groups in total. The van der Waals surface area contributed by atoms with Gasteiger partial charge >= 0.3 is 0 Å². The quantitative estimate of drug-likeness (QED) is 0.638. The van der Waals surface area contributed by atoms with Gasteiger partial charge in [0.1, 0.15) is 5.37 Å². The lowest BCUT2D eigenvalue weighted by Gasteiger charge is -2.25. The second-order valence-electron chi connectivity index (χ2n) is 6.89. The molecular formula is C22H21N3O2S2. The van der Waals surface area contributed by atoms with E-state index >= 15 is 0 Å². The Morgan fingerprint density at radius 1 is 1.10 bits per heavy atom. The fraction of sp³-hybridized carbons (Fsp3) is 0.182. The number of nitrogens with one attached hydrogen (secondary N) is 1. The lowest BCUT2D eigenvalue weighted by Crippen LogP contribution is -2.27. The van der Waals surface area contributed by atoms with Crippen LogP contribution in [-0.4, -0.2) is 31.7 Å². The summed E-state index contributed by atoms with van der Waals surface area (Å²) in [7, 11) is 3.98. The van der Waals surface area contributed by atoms with E-state index in [2.05, 4.69) is 5.32 Å². The SMILES string of the molecule is CN(C)c1ccc(N2C(=O)CS[C@@H]2c2cccc(NC(=O)c3cccs3)c2)cc1. The number of carbonyl (C=O) groups excluding carboxylic acids is 2. The molecule has 29 heavy (non-hydrogen) atoms. The average molecular weight is 424 g/mol. The van der Waals surface area contributed by atoms with Gasteiger partial charge in [0.15, 0.2) is 0 Å². The van der Waals surface area contributed by atoms with E-state index in [1.807, 2.05) is 83.9 Å². The van der Waals surface area contributed by atoms with E-state index < -0.39 is 0 Å². The summed E-state index contributed by atoms with van der Waals surface area (Å²) in [4.78, 5) is 29.5. The van der Waals surface area contributed by atoms with Gasteiger partial charge in [-0.2, -0.15) is 0 Å². The number of rotatable bonds is 5. The largest absolute Gasteiger partial charge is 0.378 e. The highest BCUT2D eigenvalue weighted by Gasteiger charge is 2.34. The molecule has 1 aliphatic heterocycles. The van der Waals surface area contributed by atoms with Gasteiger partial charge < -0.3 is 10.2 Å². The van der Waals surface area contributed by atoms with Crippen LogP contribution < -0.4 is 15.1 Å². The molecule has 7 heteroatoms. The Balaban J connectivity index is 1.58. The summed E-state index contributed by atoms with van der Waals surface area (Å²) in [5, 5.41) is 4.71. The number of thiophene rings is 1. The van der Waals surface area contributed by atoms with Gasteiger partial charge in [0.2, 0.25) is 5.91 Å². The zero-order chi connectivity index (χ0) is 20.4. The van der Waals surface area contributed by atoms with Crippen LogP contribution in [0.3, 0.4) is 0 Å². The summed E-state index contributed by atoms with van der Waals surface area (Å²) in [6.07, 6.45) is 0. The monoisotopic (exact) mass is 423 g/mol. The van der Waals surface area contributed by atoms with Crippen molar-refractivity contribution in [2.24, 2.45) is 0 Å². The lowest BCUT2D eigenvalue weighted by atomic mass is 10.1. The van der Waals surface area contributed by atoms with Gasteiger partial charge in [-0.3, -0.25) is 14.5 Å². The van der Waals surface area contributed by atoms with Crippen LogP contribution in [0.15, 0.2) is 66.0 Å². The number of thioether (sulfide) groups is 1. The summed E-state index contributed by atoms with van der Waals surface area (Å²) >= 11 is 3.01. The molecule has 0 unspecified atom stereocenters. The maximum absolute atomic E-state index is 12.6. The lowest BCUT2D eigenvalue weighted by molar-refractivity contribution is -0.115. The van der Waals surface area contributed by atoms with Crippen LogP contribution >= 0.6 is 23.1 Å². The molecule has 1 aliphatic rings. The van der Waals surface area contributed by atoms with E-state index in [9.17, 15) is 9.59 Å². The number of amides is 2. The molecule has 2 aromatic carbocycles. The van der Waals surface area contributed by atoms with Gasteiger partial charge in [0.05, 0.1) is 10.6 Å². The van der Waals surface area contributed by atoms with Crippen LogP contribution in [0, 0.1) is 0 Å². The summed E-state index contributed by atoms with van der Waals surface area (Å²) in [5.74, 6) is 0.403. The molecule has 1 saturated heterocycles. The first-order valence-electron chi connectivity index (χ1n) is 9.19. The number of hydrogen-bond donors (Lipinski definition) is 1. The maximum atomic E-state index is 12.6. The normalized spacial score (nSPS) is 16.1. The minimum atomic E-state index is -0.122. The van der Waals surface area contributed by atoms with Crippen LogP contribution in [0.4, 0.5) is 17.1 Å². The molecule has 0 radical (unpaired) electrons. The molecule has 4 rings (SSSR count). The highest BCUT2D eigenvalue weighted by Crippen LogP contribution is 2.42. The smallest absolute Gasteiger partial charge is 0.265 e. The molecule has 5 nitrogen and oxygen atoms in total. The predicted molar refractivity (Wildman–Crippen MR) is 122 cm³/mol. The van der Waals surface area contributed by atoms with E-state index in [-0.39, 0.29) is 17.2 Å². The minimum Gasteiger partial charge on any atom is -0.378 e. The van der Waals surface area contributed by atoms with E-state index in [4.69, 9.17) is 0 Å². The first-order valence-corrected chi connectivity index (χ1v) is 11.1. The Labute approximate surface area is 178 Å². The third-order valence-electron chi connectivity index (χ3n) is 4.69. The fourth-order valence-electron chi connectivity index (χ4n) is 3.23. The van der Waals surface area contributed by atoms with E-state index in [0.29, 0.717) is 10.6 Å². The van der Waals surface area contributed by atoms with Crippen molar-refractivity contribution < 1.29 is 9.59 Å². The van der Waals surface area contributed by atoms with Crippen molar-refractivity contribution >= 4 is 52.0 Å². The summed E-state index contributed by atoms with van der Waals surface area (Å²) in [6, 6.07) is 19.4. The van der Waals surface area contributed by atoms with Gasteiger partial charge in [-0.05, 0) is 53.4 Å². The minimum absolute atomic E-state index is 0.0885. The van der Waals surface area contributed by atoms with Gasteiger partial charge in [0, 0.05) is 31.2 Å². The zero-order valence-electron chi connectivity index (χ0n) is 16.2. The van der Waals surface area contributed by atoms with Crippen molar-refractivity contribution in [1.82, 2.24) is 0 Å². The van der Waals surface area contributed by atoms with Gasteiger partial charge in [0.25, 0.3) is 5.91 Å². The van der Waals surface area contributed by atoms with Gasteiger partial charge in [-0.15, -0.1) is 23.1 Å². The first kappa shape index (κ1) is 19.5. The molecule has 0 aliphatic carbocycles. The third kappa shape index (κ3) is 4.16. The maximum Gasteiger partial charge on any atom is 0.265 e. The molecule has 0 bridgehead atoms. The Kier molecular flexibility index (Phi) is 5.60. The molecule has 0 saturated carbocycles. The summed E-state index contributed by atoms with van der Waals surface area (Å²) in [6.45, 7) is 0. The van der Waals surface area contributed by atoms with Crippen molar-refractivity contribution in [3.05, 3.63) is 76.5 Å². The van der Waals surface area contributed by atoms with Crippen LogP contribution in [0.1, 0.15) is 20.6 Å².